The lowest BCUT2D eigenvalue weighted by molar-refractivity contribution is -0.122. The first-order valence-corrected chi connectivity index (χ1v) is 5.71. The number of benzene rings is 1. The lowest BCUT2D eigenvalue weighted by atomic mass is 10.1. The minimum Gasteiger partial charge on any atom is -0.497 e. The standard InChI is InChI=1S/C13H17NO3/c1-8(2)14-13(15)12-11(17-12)9-5-4-6-10(7-9)16-3/h4-8,11-12H,1-3H3,(H,14,15). The van der Waals surface area contributed by atoms with Crippen molar-refractivity contribution in [1.29, 1.82) is 0 Å². The molecular formula is C13H17NO3. The summed E-state index contributed by atoms with van der Waals surface area (Å²) in [6.45, 7) is 3.86. The van der Waals surface area contributed by atoms with Gasteiger partial charge in [0.1, 0.15) is 11.9 Å². The van der Waals surface area contributed by atoms with Crippen molar-refractivity contribution in [3.8, 4) is 5.75 Å². The molecule has 1 aliphatic rings. The van der Waals surface area contributed by atoms with Crippen molar-refractivity contribution in [3.63, 3.8) is 0 Å². The second kappa shape index (κ2) is 4.75. The fraction of sp³-hybridized carbons (Fsp3) is 0.462. The number of hydrogen-bond acceptors (Lipinski definition) is 3. The minimum atomic E-state index is -0.357. The van der Waals surface area contributed by atoms with E-state index < -0.39 is 0 Å². The van der Waals surface area contributed by atoms with Crippen LogP contribution in [0.5, 0.6) is 5.75 Å². The summed E-state index contributed by atoms with van der Waals surface area (Å²) in [5.41, 5.74) is 0.980. The molecule has 1 amide bonds. The van der Waals surface area contributed by atoms with Crippen molar-refractivity contribution in [3.05, 3.63) is 29.8 Å². The van der Waals surface area contributed by atoms with Gasteiger partial charge in [-0.2, -0.15) is 0 Å². The van der Waals surface area contributed by atoms with Gasteiger partial charge in [-0.05, 0) is 31.5 Å². The number of rotatable bonds is 4. The lowest BCUT2D eigenvalue weighted by Crippen LogP contribution is -2.33. The van der Waals surface area contributed by atoms with Gasteiger partial charge in [-0.3, -0.25) is 4.79 Å². The molecule has 0 saturated carbocycles. The molecule has 17 heavy (non-hydrogen) atoms. The van der Waals surface area contributed by atoms with Crippen LogP contribution in [0.3, 0.4) is 0 Å². The van der Waals surface area contributed by atoms with E-state index in [4.69, 9.17) is 9.47 Å². The van der Waals surface area contributed by atoms with Crippen molar-refractivity contribution in [2.45, 2.75) is 32.1 Å². The second-order valence-electron chi connectivity index (χ2n) is 4.42. The molecule has 4 nitrogen and oxygen atoms in total. The highest BCUT2D eigenvalue weighted by Gasteiger charge is 2.46. The van der Waals surface area contributed by atoms with Crippen molar-refractivity contribution < 1.29 is 14.3 Å². The molecule has 0 aromatic heterocycles. The number of methoxy groups -OCH3 is 1. The van der Waals surface area contributed by atoms with Gasteiger partial charge in [0.15, 0.2) is 6.10 Å². The Morgan fingerprint density at radius 3 is 2.88 bits per heavy atom. The van der Waals surface area contributed by atoms with Crippen LogP contribution in [0.15, 0.2) is 24.3 Å². The van der Waals surface area contributed by atoms with Gasteiger partial charge in [0, 0.05) is 6.04 Å². The van der Waals surface area contributed by atoms with Gasteiger partial charge in [-0.1, -0.05) is 12.1 Å². The van der Waals surface area contributed by atoms with E-state index in [9.17, 15) is 4.79 Å². The summed E-state index contributed by atoms with van der Waals surface area (Å²) >= 11 is 0. The van der Waals surface area contributed by atoms with Crippen LogP contribution in [0.1, 0.15) is 25.5 Å². The lowest BCUT2D eigenvalue weighted by Gasteiger charge is -2.05. The molecule has 0 bridgehead atoms. The zero-order valence-electron chi connectivity index (χ0n) is 10.3. The first kappa shape index (κ1) is 11.9. The zero-order chi connectivity index (χ0) is 12.4. The molecule has 2 unspecified atom stereocenters. The van der Waals surface area contributed by atoms with Crippen LogP contribution < -0.4 is 10.1 Å². The van der Waals surface area contributed by atoms with Gasteiger partial charge in [0.25, 0.3) is 5.91 Å². The highest BCUT2D eigenvalue weighted by molar-refractivity contribution is 5.84. The molecule has 1 N–H and O–H groups in total. The molecule has 4 heteroatoms. The zero-order valence-corrected chi connectivity index (χ0v) is 10.3. The Labute approximate surface area is 101 Å². The molecular weight excluding hydrogens is 218 g/mol. The summed E-state index contributed by atoms with van der Waals surface area (Å²) in [7, 11) is 1.62. The number of carbonyl (C=O) groups excluding carboxylic acids is 1. The topological polar surface area (TPSA) is 50.9 Å². The Kier molecular flexibility index (Phi) is 3.33. The highest BCUT2D eigenvalue weighted by atomic mass is 16.6. The van der Waals surface area contributed by atoms with Gasteiger partial charge in [-0.15, -0.1) is 0 Å². The number of carbonyl (C=O) groups is 1. The van der Waals surface area contributed by atoms with Crippen molar-refractivity contribution >= 4 is 5.91 Å². The smallest absolute Gasteiger partial charge is 0.252 e. The molecule has 1 aromatic carbocycles. The van der Waals surface area contributed by atoms with E-state index in [1.165, 1.54) is 0 Å². The molecule has 1 aliphatic heterocycles. The number of amides is 1. The molecule has 2 rings (SSSR count). The predicted octanol–water partition coefficient (Wildman–Crippen LogP) is 1.66. The maximum atomic E-state index is 11.7. The fourth-order valence-electron chi connectivity index (χ4n) is 1.75. The Balaban J connectivity index is 2.00. The Morgan fingerprint density at radius 2 is 2.24 bits per heavy atom. The summed E-state index contributed by atoms with van der Waals surface area (Å²) < 4.78 is 10.5. The van der Waals surface area contributed by atoms with Crippen LogP contribution in [-0.4, -0.2) is 25.2 Å². The van der Waals surface area contributed by atoms with Crippen LogP contribution in [-0.2, 0) is 9.53 Å². The van der Waals surface area contributed by atoms with Gasteiger partial charge in [-0.25, -0.2) is 0 Å². The van der Waals surface area contributed by atoms with Crippen LogP contribution in [0.4, 0.5) is 0 Å². The molecule has 92 valence electrons. The summed E-state index contributed by atoms with van der Waals surface area (Å²) in [4.78, 5) is 11.7. The first-order valence-electron chi connectivity index (χ1n) is 5.71. The SMILES string of the molecule is COc1cccc(C2OC2C(=O)NC(C)C)c1. The molecule has 1 saturated heterocycles. The van der Waals surface area contributed by atoms with Crippen LogP contribution in [0, 0.1) is 0 Å². The third-order valence-corrected chi connectivity index (χ3v) is 2.60. The summed E-state index contributed by atoms with van der Waals surface area (Å²) in [6.07, 6.45) is -0.492. The third-order valence-electron chi connectivity index (χ3n) is 2.60. The molecule has 1 fully saturated rings. The predicted molar refractivity (Wildman–Crippen MR) is 63.9 cm³/mol. The second-order valence-corrected chi connectivity index (χ2v) is 4.42. The largest absolute Gasteiger partial charge is 0.497 e. The number of ether oxygens (including phenoxy) is 2. The summed E-state index contributed by atoms with van der Waals surface area (Å²) in [6, 6.07) is 7.74. The average molecular weight is 235 g/mol. The molecule has 1 heterocycles. The summed E-state index contributed by atoms with van der Waals surface area (Å²) in [5, 5.41) is 2.84. The van der Waals surface area contributed by atoms with Gasteiger partial charge in [0.05, 0.1) is 7.11 Å². The maximum Gasteiger partial charge on any atom is 0.252 e. The molecule has 2 atom stereocenters. The van der Waals surface area contributed by atoms with E-state index in [0.29, 0.717) is 0 Å². The summed E-state index contributed by atoms with van der Waals surface area (Å²) in [5.74, 6) is 0.730. The van der Waals surface area contributed by atoms with E-state index in [0.717, 1.165) is 11.3 Å². The molecule has 0 spiro atoms. The van der Waals surface area contributed by atoms with E-state index >= 15 is 0 Å². The number of nitrogens with one attached hydrogen (secondary N) is 1. The van der Waals surface area contributed by atoms with Gasteiger partial charge in [0.2, 0.25) is 0 Å². The van der Waals surface area contributed by atoms with E-state index in [-0.39, 0.29) is 24.2 Å². The van der Waals surface area contributed by atoms with E-state index in [2.05, 4.69) is 5.32 Å². The Morgan fingerprint density at radius 1 is 1.47 bits per heavy atom. The highest BCUT2D eigenvalue weighted by Crippen LogP contribution is 2.39. The molecule has 0 radical (unpaired) electrons. The molecule has 0 aliphatic carbocycles. The Hall–Kier alpha value is -1.55. The van der Waals surface area contributed by atoms with Gasteiger partial charge >= 0.3 is 0 Å². The van der Waals surface area contributed by atoms with Crippen LogP contribution in [0.2, 0.25) is 0 Å². The maximum absolute atomic E-state index is 11.7. The Bertz CT molecular complexity index is 417. The van der Waals surface area contributed by atoms with Crippen molar-refractivity contribution in [2.75, 3.05) is 7.11 Å². The normalized spacial score (nSPS) is 22.4. The first-order chi connectivity index (χ1) is 8.11. The number of hydrogen-bond donors (Lipinski definition) is 1. The fourth-order valence-corrected chi connectivity index (χ4v) is 1.75. The van der Waals surface area contributed by atoms with Gasteiger partial charge < -0.3 is 14.8 Å². The molecule has 1 aromatic rings. The van der Waals surface area contributed by atoms with Crippen LogP contribution >= 0.6 is 0 Å². The monoisotopic (exact) mass is 235 g/mol. The average Bonchev–Trinajstić information content (AvgIpc) is 3.08. The van der Waals surface area contributed by atoms with Crippen LogP contribution in [0.25, 0.3) is 0 Å². The third kappa shape index (κ3) is 2.77. The minimum absolute atomic E-state index is 0.0483. The van der Waals surface area contributed by atoms with Crippen molar-refractivity contribution in [1.82, 2.24) is 5.32 Å². The van der Waals surface area contributed by atoms with E-state index in [1.54, 1.807) is 7.11 Å². The van der Waals surface area contributed by atoms with E-state index in [1.807, 2.05) is 38.1 Å². The quantitative estimate of drug-likeness (QED) is 0.807. The van der Waals surface area contributed by atoms with Crippen molar-refractivity contribution in [2.24, 2.45) is 0 Å². The number of epoxide rings is 1.